The van der Waals surface area contributed by atoms with Gasteiger partial charge in [0.25, 0.3) is 0 Å². The van der Waals surface area contributed by atoms with Crippen molar-refractivity contribution < 1.29 is 17.9 Å². The molecule has 0 saturated heterocycles. The fraction of sp³-hybridized carbons (Fsp3) is 0.0909. The molecule has 31 heavy (non-hydrogen) atoms. The van der Waals surface area contributed by atoms with Gasteiger partial charge in [-0.25, -0.2) is 8.78 Å². The molecule has 9 heteroatoms. The highest BCUT2D eigenvalue weighted by atomic mass is 35.5. The standard InChI is InChI=1S/C22H15Cl2F2N3O2/c1-30-19-8-5-13(23)10-18(19)27-20(16-7-6-15(26)11-17(16)24)22-29-28-21(31-22)12-3-2-4-14(25)9-12/h2-11,20,27H,1H3. The summed E-state index contributed by atoms with van der Waals surface area (Å²) in [5.74, 6) is -0.152. The summed E-state index contributed by atoms with van der Waals surface area (Å²) < 4.78 is 38.5. The van der Waals surface area contributed by atoms with Crippen molar-refractivity contribution in [3.63, 3.8) is 0 Å². The molecule has 4 rings (SSSR count). The molecule has 0 fully saturated rings. The average Bonchev–Trinajstić information content (AvgIpc) is 3.23. The Morgan fingerprint density at radius 1 is 0.968 bits per heavy atom. The van der Waals surface area contributed by atoms with Gasteiger partial charge in [-0.2, -0.15) is 0 Å². The second-order valence-corrected chi connectivity index (χ2v) is 7.39. The Morgan fingerprint density at radius 3 is 2.52 bits per heavy atom. The number of methoxy groups -OCH3 is 1. The van der Waals surface area contributed by atoms with E-state index in [1.807, 2.05) is 0 Å². The third kappa shape index (κ3) is 4.62. The normalized spacial score (nSPS) is 11.9. The molecule has 1 N–H and O–H groups in total. The number of nitrogens with zero attached hydrogens (tertiary/aromatic N) is 2. The Balaban J connectivity index is 1.79. The van der Waals surface area contributed by atoms with Crippen LogP contribution < -0.4 is 10.1 Å². The molecule has 1 unspecified atom stereocenters. The van der Waals surface area contributed by atoms with E-state index in [4.69, 9.17) is 32.4 Å². The van der Waals surface area contributed by atoms with Gasteiger partial charge in [0.2, 0.25) is 11.8 Å². The number of halogens is 4. The van der Waals surface area contributed by atoms with Crippen molar-refractivity contribution in [2.24, 2.45) is 0 Å². The lowest BCUT2D eigenvalue weighted by atomic mass is 10.1. The first-order valence-electron chi connectivity index (χ1n) is 9.09. The zero-order valence-electron chi connectivity index (χ0n) is 16.1. The molecule has 0 saturated carbocycles. The van der Waals surface area contributed by atoms with E-state index in [1.165, 1.54) is 43.5 Å². The minimum Gasteiger partial charge on any atom is -0.495 e. The van der Waals surface area contributed by atoms with E-state index in [9.17, 15) is 8.78 Å². The van der Waals surface area contributed by atoms with Crippen LogP contribution in [0.1, 0.15) is 17.5 Å². The molecule has 4 aromatic rings. The zero-order valence-corrected chi connectivity index (χ0v) is 17.6. The van der Waals surface area contributed by atoms with Crippen molar-refractivity contribution in [2.45, 2.75) is 6.04 Å². The minimum absolute atomic E-state index is 0.123. The van der Waals surface area contributed by atoms with Crippen LogP contribution in [0.5, 0.6) is 5.75 Å². The highest BCUT2D eigenvalue weighted by molar-refractivity contribution is 6.31. The van der Waals surface area contributed by atoms with Gasteiger partial charge in [-0.3, -0.25) is 0 Å². The number of aromatic nitrogens is 2. The number of rotatable bonds is 6. The van der Waals surface area contributed by atoms with Gasteiger partial charge in [-0.05, 0) is 48.5 Å². The summed E-state index contributed by atoms with van der Waals surface area (Å²) in [5, 5.41) is 12.0. The van der Waals surface area contributed by atoms with Crippen LogP contribution in [0.3, 0.4) is 0 Å². The Bertz CT molecular complexity index is 1230. The first kappa shape index (κ1) is 21.1. The van der Waals surface area contributed by atoms with Crippen molar-refractivity contribution in [3.05, 3.63) is 93.8 Å². The first-order chi connectivity index (χ1) is 14.9. The van der Waals surface area contributed by atoms with Crippen molar-refractivity contribution in [1.82, 2.24) is 10.2 Å². The molecule has 0 aliphatic heterocycles. The quantitative estimate of drug-likeness (QED) is 0.353. The van der Waals surface area contributed by atoms with Crippen molar-refractivity contribution in [1.29, 1.82) is 0 Å². The second kappa shape index (κ2) is 8.91. The predicted octanol–water partition coefficient (Wildman–Crippen LogP) is 6.53. The van der Waals surface area contributed by atoms with E-state index in [-0.39, 0.29) is 16.8 Å². The Morgan fingerprint density at radius 2 is 1.77 bits per heavy atom. The lowest BCUT2D eigenvalue weighted by Gasteiger charge is -2.20. The Hall–Kier alpha value is -3.16. The van der Waals surface area contributed by atoms with Gasteiger partial charge < -0.3 is 14.5 Å². The molecule has 0 aliphatic rings. The topological polar surface area (TPSA) is 60.2 Å². The summed E-state index contributed by atoms with van der Waals surface area (Å²) in [6.07, 6.45) is 0. The van der Waals surface area contributed by atoms with Crippen molar-refractivity contribution in [2.75, 3.05) is 12.4 Å². The van der Waals surface area contributed by atoms with E-state index in [2.05, 4.69) is 15.5 Å². The summed E-state index contributed by atoms with van der Waals surface area (Å²) in [7, 11) is 1.52. The van der Waals surface area contributed by atoms with Gasteiger partial charge in [0.15, 0.2) is 0 Å². The molecular formula is C22H15Cl2F2N3O2. The number of anilines is 1. The Kier molecular flexibility index (Phi) is 6.06. The molecule has 0 spiro atoms. The number of hydrogen-bond donors (Lipinski definition) is 1. The molecule has 1 atom stereocenters. The number of benzene rings is 3. The zero-order chi connectivity index (χ0) is 22.0. The lowest BCUT2D eigenvalue weighted by molar-refractivity contribution is 0.415. The van der Waals surface area contributed by atoms with E-state index >= 15 is 0 Å². The van der Waals surface area contributed by atoms with Crippen molar-refractivity contribution >= 4 is 28.9 Å². The summed E-state index contributed by atoms with van der Waals surface area (Å²) in [6, 6.07) is 14.0. The molecule has 1 heterocycles. The van der Waals surface area contributed by atoms with Crippen LogP contribution in [-0.2, 0) is 0 Å². The monoisotopic (exact) mass is 461 g/mol. The molecule has 3 aromatic carbocycles. The second-order valence-electron chi connectivity index (χ2n) is 6.54. The van der Waals surface area contributed by atoms with Gasteiger partial charge in [0.05, 0.1) is 12.8 Å². The molecule has 0 radical (unpaired) electrons. The maximum absolute atomic E-state index is 13.6. The van der Waals surface area contributed by atoms with Crippen LogP contribution >= 0.6 is 23.2 Å². The van der Waals surface area contributed by atoms with Gasteiger partial charge in [0, 0.05) is 21.2 Å². The van der Waals surface area contributed by atoms with Gasteiger partial charge in [-0.1, -0.05) is 35.3 Å². The highest BCUT2D eigenvalue weighted by Crippen LogP contribution is 2.36. The molecule has 0 amide bonds. The first-order valence-corrected chi connectivity index (χ1v) is 9.84. The lowest BCUT2D eigenvalue weighted by Crippen LogP contribution is -2.14. The summed E-state index contributed by atoms with van der Waals surface area (Å²) in [5.41, 5.74) is 1.44. The molecular weight excluding hydrogens is 447 g/mol. The number of ether oxygens (including phenoxy) is 1. The number of nitrogens with one attached hydrogen (secondary N) is 1. The molecule has 0 bridgehead atoms. The summed E-state index contributed by atoms with van der Waals surface area (Å²) in [4.78, 5) is 0. The number of hydrogen-bond acceptors (Lipinski definition) is 5. The summed E-state index contributed by atoms with van der Waals surface area (Å²) in [6.45, 7) is 0. The third-order valence-electron chi connectivity index (χ3n) is 4.49. The fourth-order valence-corrected chi connectivity index (χ4v) is 3.49. The van der Waals surface area contributed by atoms with E-state index in [0.717, 1.165) is 0 Å². The van der Waals surface area contributed by atoms with Crippen LogP contribution in [0.4, 0.5) is 14.5 Å². The van der Waals surface area contributed by atoms with Gasteiger partial charge >= 0.3 is 0 Å². The molecule has 1 aromatic heterocycles. The van der Waals surface area contributed by atoms with E-state index in [1.54, 1.807) is 24.3 Å². The average molecular weight is 462 g/mol. The fourth-order valence-electron chi connectivity index (χ4n) is 3.05. The highest BCUT2D eigenvalue weighted by Gasteiger charge is 2.25. The van der Waals surface area contributed by atoms with Crippen LogP contribution in [0, 0.1) is 11.6 Å². The summed E-state index contributed by atoms with van der Waals surface area (Å²) >= 11 is 12.5. The van der Waals surface area contributed by atoms with Gasteiger partial charge in [-0.15, -0.1) is 10.2 Å². The van der Waals surface area contributed by atoms with Crippen LogP contribution in [0.15, 0.2) is 65.1 Å². The van der Waals surface area contributed by atoms with Crippen LogP contribution in [0.25, 0.3) is 11.5 Å². The third-order valence-corrected chi connectivity index (χ3v) is 5.06. The Labute approximate surface area is 186 Å². The van der Waals surface area contributed by atoms with Gasteiger partial charge in [0.1, 0.15) is 23.4 Å². The largest absolute Gasteiger partial charge is 0.495 e. The molecule has 158 valence electrons. The van der Waals surface area contributed by atoms with E-state index < -0.39 is 17.7 Å². The minimum atomic E-state index is -0.768. The maximum atomic E-state index is 13.6. The smallest absolute Gasteiger partial charge is 0.247 e. The van der Waals surface area contributed by atoms with Crippen LogP contribution in [-0.4, -0.2) is 17.3 Å². The van der Waals surface area contributed by atoms with Crippen molar-refractivity contribution in [3.8, 4) is 17.2 Å². The van der Waals surface area contributed by atoms with Crippen LogP contribution in [0.2, 0.25) is 10.0 Å². The molecule has 5 nitrogen and oxygen atoms in total. The van der Waals surface area contributed by atoms with E-state index in [0.29, 0.717) is 27.6 Å². The maximum Gasteiger partial charge on any atom is 0.247 e. The SMILES string of the molecule is COc1ccc(Cl)cc1NC(c1nnc(-c2cccc(F)c2)o1)c1ccc(F)cc1Cl. The molecule has 0 aliphatic carbocycles. The predicted molar refractivity (Wildman–Crippen MR) is 115 cm³/mol.